The van der Waals surface area contributed by atoms with Crippen LogP contribution in [0.15, 0.2) is 35.5 Å². The van der Waals surface area contributed by atoms with E-state index in [-0.39, 0.29) is 17.8 Å². The Bertz CT molecular complexity index is 676. The molecule has 1 fully saturated rings. The summed E-state index contributed by atoms with van der Waals surface area (Å²) in [5.41, 5.74) is 0.736. The van der Waals surface area contributed by atoms with Gasteiger partial charge >= 0.3 is 11.9 Å². The lowest BCUT2D eigenvalue weighted by Crippen LogP contribution is -2.43. The summed E-state index contributed by atoms with van der Waals surface area (Å²) >= 11 is 0. The van der Waals surface area contributed by atoms with Crippen molar-refractivity contribution in [2.75, 3.05) is 6.61 Å². The Kier molecular flexibility index (Phi) is 7.10. The smallest absolute Gasteiger partial charge is 0.334 e. The van der Waals surface area contributed by atoms with Gasteiger partial charge in [-0.05, 0) is 30.9 Å². The minimum atomic E-state index is -1.42. The first-order valence-electron chi connectivity index (χ1n) is 9.08. The molecule has 5 unspecified atom stereocenters. The van der Waals surface area contributed by atoms with E-state index < -0.39 is 42.1 Å². The zero-order chi connectivity index (χ0) is 20.1. The maximum absolute atomic E-state index is 12.4. The first-order valence-corrected chi connectivity index (χ1v) is 9.08. The van der Waals surface area contributed by atoms with Crippen molar-refractivity contribution in [3.05, 3.63) is 35.5 Å². The van der Waals surface area contributed by atoms with Crippen LogP contribution in [-0.2, 0) is 23.9 Å². The number of rotatable bonds is 5. The van der Waals surface area contributed by atoms with E-state index in [1.54, 1.807) is 19.1 Å². The molecule has 0 aromatic heterocycles. The summed E-state index contributed by atoms with van der Waals surface area (Å²) in [6.07, 6.45) is 1.57. The van der Waals surface area contributed by atoms with Crippen molar-refractivity contribution in [1.82, 2.24) is 0 Å². The standard InChI is InChI=1S/C20H26O7/c1-4-11(2)19(24)27-18-16-12(3)20(25)26-15(16)8-13(9-21)6-5-7-14(10-22)17(18)23/h7-8,10-11,15-18,21,23H,3-6,9H2,1-2H3/b13-8+,14-7-. The van der Waals surface area contributed by atoms with Crippen LogP contribution in [0.5, 0.6) is 0 Å². The van der Waals surface area contributed by atoms with Crippen LogP contribution in [0.1, 0.15) is 33.1 Å². The molecule has 0 bridgehead atoms. The van der Waals surface area contributed by atoms with Crippen molar-refractivity contribution in [3.8, 4) is 0 Å². The van der Waals surface area contributed by atoms with Gasteiger partial charge < -0.3 is 19.7 Å². The molecule has 148 valence electrons. The highest BCUT2D eigenvalue weighted by atomic mass is 16.6. The van der Waals surface area contributed by atoms with Crippen LogP contribution in [-0.4, -0.2) is 53.4 Å². The fraction of sp³-hybridized carbons (Fsp3) is 0.550. The second-order valence-electron chi connectivity index (χ2n) is 6.92. The lowest BCUT2D eigenvalue weighted by atomic mass is 9.83. The molecule has 5 atom stereocenters. The lowest BCUT2D eigenvalue weighted by molar-refractivity contribution is -0.162. The van der Waals surface area contributed by atoms with E-state index in [4.69, 9.17) is 9.47 Å². The molecular weight excluding hydrogens is 352 g/mol. The first kappa shape index (κ1) is 21.1. The largest absolute Gasteiger partial charge is 0.458 e. The van der Waals surface area contributed by atoms with E-state index in [9.17, 15) is 24.6 Å². The van der Waals surface area contributed by atoms with E-state index in [2.05, 4.69) is 6.58 Å². The van der Waals surface area contributed by atoms with Gasteiger partial charge in [0.2, 0.25) is 0 Å². The molecule has 0 spiro atoms. The van der Waals surface area contributed by atoms with Crippen molar-refractivity contribution in [3.63, 3.8) is 0 Å². The molecule has 0 saturated carbocycles. The Labute approximate surface area is 158 Å². The second-order valence-corrected chi connectivity index (χ2v) is 6.92. The third-order valence-corrected chi connectivity index (χ3v) is 5.12. The summed E-state index contributed by atoms with van der Waals surface area (Å²) in [4.78, 5) is 36.0. The number of aliphatic hydroxyl groups is 2. The van der Waals surface area contributed by atoms with E-state index in [1.165, 1.54) is 0 Å². The highest BCUT2D eigenvalue weighted by molar-refractivity contribution is 5.91. The number of esters is 2. The second kappa shape index (κ2) is 9.10. The maximum atomic E-state index is 12.4. The molecule has 1 saturated heterocycles. The first-order chi connectivity index (χ1) is 12.8. The van der Waals surface area contributed by atoms with Gasteiger partial charge in [-0.25, -0.2) is 4.79 Å². The minimum absolute atomic E-state index is 0.0559. The van der Waals surface area contributed by atoms with Gasteiger partial charge in [-0.15, -0.1) is 0 Å². The predicted octanol–water partition coefficient (Wildman–Crippen LogP) is 1.24. The van der Waals surface area contributed by atoms with Gasteiger partial charge in [0, 0.05) is 11.1 Å². The summed E-state index contributed by atoms with van der Waals surface area (Å²) in [6.45, 7) is 7.01. The van der Waals surface area contributed by atoms with E-state index in [0.717, 1.165) is 0 Å². The number of aldehydes is 1. The molecular formula is C20H26O7. The van der Waals surface area contributed by atoms with E-state index >= 15 is 0 Å². The van der Waals surface area contributed by atoms with Crippen molar-refractivity contribution >= 4 is 18.2 Å². The Hall–Kier alpha value is -2.25. The summed E-state index contributed by atoms with van der Waals surface area (Å²) in [5.74, 6) is -2.47. The van der Waals surface area contributed by atoms with Crippen LogP contribution in [0, 0.1) is 11.8 Å². The molecule has 27 heavy (non-hydrogen) atoms. The average molecular weight is 378 g/mol. The van der Waals surface area contributed by atoms with Crippen LogP contribution in [0.2, 0.25) is 0 Å². The normalized spacial score (nSPS) is 33.6. The zero-order valence-corrected chi connectivity index (χ0v) is 15.6. The van der Waals surface area contributed by atoms with E-state index in [0.29, 0.717) is 31.1 Å². The fourth-order valence-corrected chi connectivity index (χ4v) is 3.18. The van der Waals surface area contributed by atoms with Crippen LogP contribution in [0.25, 0.3) is 0 Å². The molecule has 7 nitrogen and oxygen atoms in total. The van der Waals surface area contributed by atoms with Crippen molar-refractivity contribution in [2.24, 2.45) is 11.8 Å². The van der Waals surface area contributed by atoms with Gasteiger partial charge in [-0.1, -0.05) is 26.5 Å². The summed E-state index contributed by atoms with van der Waals surface area (Å²) in [5, 5.41) is 20.3. The molecule has 0 aromatic rings. The van der Waals surface area contributed by atoms with Gasteiger partial charge in [0.1, 0.15) is 24.6 Å². The molecule has 7 heteroatoms. The number of hydrogen-bond acceptors (Lipinski definition) is 7. The molecule has 2 rings (SSSR count). The van der Waals surface area contributed by atoms with Crippen LogP contribution in [0.3, 0.4) is 0 Å². The molecule has 1 heterocycles. The maximum Gasteiger partial charge on any atom is 0.334 e. The van der Waals surface area contributed by atoms with E-state index in [1.807, 2.05) is 6.92 Å². The molecule has 1 aliphatic carbocycles. The highest BCUT2D eigenvalue weighted by Crippen LogP contribution is 2.36. The van der Waals surface area contributed by atoms with Crippen LogP contribution in [0.4, 0.5) is 0 Å². The number of carbonyl (C=O) groups is 3. The highest BCUT2D eigenvalue weighted by Gasteiger charge is 2.48. The van der Waals surface area contributed by atoms with Crippen molar-refractivity contribution in [1.29, 1.82) is 0 Å². The quantitative estimate of drug-likeness (QED) is 0.320. The van der Waals surface area contributed by atoms with Gasteiger partial charge in [0.05, 0.1) is 18.4 Å². The molecule has 0 radical (unpaired) electrons. The number of allylic oxidation sites excluding steroid dienone is 1. The van der Waals surface area contributed by atoms with Crippen molar-refractivity contribution < 1.29 is 34.1 Å². The molecule has 0 aromatic carbocycles. The minimum Gasteiger partial charge on any atom is -0.458 e. The van der Waals surface area contributed by atoms with Crippen molar-refractivity contribution in [2.45, 2.75) is 51.4 Å². The third kappa shape index (κ3) is 4.54. The summed E-state index contributed by atoms with van der Waals surface area (Å²) < 4.78 is 10.9. The molecule has 0 amide bonds. The number of aliphatic hydroxyl groups excluding tert-OH is 2. The Morgan fingerprint density at radius 1 is 1.52 bits per heavy atom. The summed E-state index contributed by atoms with van der Waals surface area (Å²) in [6, 6.07) is 0. The Morgan fingerprint density at radius 3 is 2.81 bits per heavy atom. The van der Waals surface area contributed by atoms with Crippen LogP contribution >= 0.6 is 0 Å². The fourth-order valence-electron chi connectivity index (χ4n) is 3.18. The van der Waals surface area contributed by atoms with Gasteiger partial charge in [-0.3, -0.25) is 9.59 Å². The van der Waals surface area contributed by atoms with Crippen LogP contribution < -0.4 is 0 Å². The lowest BCUT2D eigenvalue weighted by Gasteiger charge is -2.31. The van der Waals surface area contributed by atoms with Gasteiger partial charge in [-0.2, -0.15) is 0 Å². The number of fused-ring (bicyclic) bond motifs is 1. The molecule has 1 aliphatic heterocycles. The summed E-state index contributed by atoms with van der Waals surface area (Å²) in [7, 11) is 0. The average Bonchev–Trinajstić information content (AvgIpc) is 2.94. The van der Waals surface area contributed by atoms with Gasteiger partial charge in [0.25, 0.3) is 0 Å². The zero-order valence-electron chi connectivity index (χ0n) is 15.6. The predicted molar refractivity (Wildman–Crippen MR) is 96.4 cm³/mol. The van der Waals surface area contributed by atoms with Gasteiger partial charge in [0.15, 0.2) is 0 Å². The number of carbonyl (C=O) groups excluding carboxylic acids is 3. The Morgan fingerprint density at radius 2 is 2.22 bits per heavy atom. The molecule has 2 N–H and O–H groups in total. The monoisotopic (exact) mass is 378 g/mol. The topological polar surface area (TPSA) is 110 Å². The SMILES string of the molecule is C=C1C(=O)OC2/C=C(/CO)CC/C=C(/C=O)C(O)C(OC(=O)C(C)CC)C12. The number of ether oxygens (including phenoxy) is 2. The third-order valence-electron chi connectivity index (χ3n) is 5.12. The molecule has 2 aliphatic rings. The Balaban J connectivity index is 2.50. The number of hydrogen-bond donors (Lipinski definition) is 2.